The van der Waals surface area contributed by atoms with Crippen LogP contribution in [-0.2, 0) is 9.59 Å². The summed E-state index contributed by atoms with van der Waals surface area (Å²) in [4.78, 5) is 24.8. The molecule has 0 saturated heterocycles. The van der Waals surface area contributed by atoms with E-state index in [0.717, 1.165) is 24.2 Å². The van der Waals surface area contributed by atoms with Crippen molar-refractivity contribution in [2.45, 2.75) is 19.8 Å². The smallest absolute Gasteiger partial charge is 0.230 e. The van der Waals surface area contributed by atoms with E-state index in [4.69, 9.17) is 0 Å². The Hall–Kier alpha value is -1.84. The molecule has 0 aromatic heterocycles. The fraction of sp³-hybridized carbons (Fsp3) is 0.429. The second kappa shape index (κ2) is 3.57. The van der Waals surface area contributed by atoms with Gasteiger partial charge in [0.25, 0.3) is 0 Å². The van der Waals surface area contributed by atoms with Gasteiger partial charge in [-0.05, 0) is 37.0 Å². The number of carbonyl (C=O) groups is 2. The van der Waals surface area contributed by atoms with Crippen LogP contribution in [0.25, 0.3) is 0 Å². The first kappa shape index (κ1) is 11.3. The van der Waals surface area contributed by atoms with E-state index in [2.05, 4.69) is 5.32 Å². The summed E-state index contributed by atoms with van der Waals surface area (Å²) in [6.45, 7) is 1.52. The second-order valence-corrected chi connectivity index (χ2v) is 5.34. The van der Waals surface area contributed by atoms with E-state index in [9.17, 15) is 9.59 Å². The Morgan fingerprint density at radius 2 is 2.06 bits per heavy atom. The average Bonchev–Trinajstić information content (AvgIpc) is 3.16. The normalized spacial score (nSPS) is 27.1. The van der Waals surface area contributed by atoms with E-state index in [1.165, 1.54) is 6.92 Å². The molecule has 94 valence electrons. The van der Waals surface area contributed by atoms with Crippen molar-refractivity contribution in [1.82, 2.24) is 0 Å². The first-order chi connectivity index (χ1) is 8.53. The van der Waals surface area contributed by atoms with Crippen molar-refractivity contribution in [2.75, 3.05) is 17.3 Å². The molecule has 18 heavy (non-hydrogen) atoms. The Morgan fingerprint density at radius 3 is 2.61 bits per heavy atom. The predicted molar refractivity (Wildman–Crippen MR) is 69.3 cm³/mol. The first-order valence-corrected chi connectivity index (χ1v) is 6.19. The molecule has 2 saturated carbocycles. The molecule has 0 heterocycles. The minimum Gasteiger partial charge on any atom is -0.326 e. The Balaban J connectivity index is 1.74. The highest BCUT2D eigenvalue weighted by Gasteiger charge is 2.74. The van der Waals surface area contributed by atoms with Gasteiger partial charge >= 0.3 is 0 Å². The molecule has 3 rings (SSSR count). The first-order valence-electron chi connectivity index (χ1n) is 6.19. The Morgan fingerprint density at radius 1 is 1.39 bits per heavy atom. The van der Waals surface area contributed by atoms with E-state index in [1.807, 2.05) is 24.3 Å². The zero-order chi connectivity index (χ0) is 12.9. The average molecular weight is 244 g/mol. The number of carbonyl (C=O) groups excluding carboxylic acids is 2. The summed E-state index contributed by atoms with van der Waals surface area (Å²) in [5, 5.41) is 2.94. The molecule has 0 atom stereocenters. The van der Waals surface area contributed by atoms with Crippen LogP contribution in [0.3, 0.4) is 0 Å². The lowest BCUT2D eigenvalue weighted by Crippen LogP contribution is -2.23. The molecule has 4 nitrogen and oxygen atoms in total. The van der Waals surface area contributed by atoms with E-state index >= 15 is 0 Å². The highest BCUT2D eigenvalue weighted by Crippen LogP contribution is 2.75. The minimum atomic E-state index is -0.0264. The van der Waals surface area contributed by atoms with Crippen molar-refractivity contribution < 1.29 is 9.59 Å². The standard InChI is InChI=1S/C14H16N2O2/c1-9(17)16(2)12-5-3-4-11(6-12)15-13(18)14-7-10(14)8-14/h3-6,10H,7-8H2,1-2H3,(H,15,18). The van der Waals surface area contributed by atoms with Crippen LogP contribution in [0.1, 0.15) is 19.8 Å². The fourth-order valence-corrected chi connectivity index (χ4v) is 2.30. The van der Waals surface area contributed by atoms with Gasteiger partial charge in [0.05, 0.1) is 5.41 Å². The number of anilines is 2. The lowest BCUT2D eigenvalue weighted by atomic mass is 10.2. The van der Waals surface area contributed by atoms with Crippen LogP contribution in [0.15, 0.2) is 24.3 Å². The van der Waals surface area contributed by atoms with Crippen LogP contribution >= 0.6 is 0 Å². The minimum absolute atomic E-state index is 0.0253. The molecule has 0 aliphatic heterocycles. The maximum Gasteiger partial charge on any atom is 0.230 e. The molecular formula is C14H16N2O2. The summed E-state index contributed by atoms with van der Waals surface area (Å²) in [6, 6.07) is 7.38. The third kappa shape index (κ3) is 1.68. The number of nitrogens with zero attached hydrogens (tertiary/aromatic N) is 1. The van der Waals surface area contributed by atoms with Crippen LogP contribution in [-0.4, -0.2) is 18.9 Å². The highest BCUT2D eigenvalue weighted by molar-refractivity contribution is 6.01. The van der Waals surface area contributed by atoms with Gasteiger partial charge in [-0.3, -0.25) is 9.59 Å². The summed E-state index contributed by atoms with van der Waals surface area (Å²) >= 11 is 0. The molecule has 0 unspecified atom stereocenters. The van der Waals surface area contributed by atoms with Crippen LogP contribution in [0, 0.1) is 11.3 Å². The van der Waals surface area contributed by atoms with Crippen molar-refractivity contribution in [3.05, 3.63) is 24.3 Å². The summed E-state index contributed by atoms with van der Waals surface area (Å²) in [6.07, 6.45) is 2.09. The number of fused-ring (bicyclic) bond motifs is 1. The molecule has 1 aromatic rings. The Bertz CT molecular complexity index is 532. The van der Waals surface area contributed by atoms with E-state index in [0.29, 0.717) is 5.92 Å². The number of amides is 2. The summed E-state index contributed by atoms with van der Waals surface area (Å²) < 4.78 is 0. The number of benzene rings is 1. The topological polar surface area (TPSA) is 49.4 Å². The van der Waals surface area contributed by atoms with Crippen molar-refractivity contribution in [1.29, 1.82) is 0 Å². The SMILES string of the molecule is CC(=O)N(C)c1cccc(NC(=O)C23CC2C3)c1. The van der Waals surface area contributed by atoms with E-state index in [-0.39, 0.29) is 17.2 Å². The molecule has 2 aliphatic rings. The maximum absolute atomic E-state index is 12.0. The Labute approximate surface area is 106 Å². The van der Waals surface area contributed by atoms with Crippen LogP contribution in [0.5, 0.6) is 0 Å². The number of hydrogen-bond donors (Lipinski definition) is 1. The molecule has 0 radical (unpaired) electrons. The second-order valence-electron chi connectivity index (χ2n) is 5.34. The third-order valence-electron chi connectivity index (χ3n) is 4.10. The van der Waals surface area contributed by atoms with Gasteiger partial charge in [-0.25, -0.2) is 0 Å². The molecule has 0 spiro atoms. The van der Waals surface area contributed by atoms with E-state index < -0.39 is 0 Å². The van der Waals surface area contributed by atoms with Crippen molar-refractivity contribution >= 4 is 23.2 Å². The monoisotopic (exact) mass is 244 g/mol. The van der Waals surface area contributed by atoms with Gasteiger partial charge in [0, 0.05) is 25.3 Å². The molecule has 1 N–H and O–H groups in total. The van der Waals surface area contributed by atoms with Crippen molar-refractivity contribution in [3.8, 4) is 0 Å². The highest BCUT2D eigenvalue weighted by atomic mass is 16.2. The van der Waals surface area contributed by atoms with Crippen LogP contribution < -0.4 is 10.2 Å². The van der Waals surface area contributed by atoms with Gasteiger partial charge in [-0.2, -0.15) is 0 Å². The molecular weight excluding hydrogens is 228 g/mol. The molecule has 1 aromatic carbocycles. The summed E-state index contributed by atoms with van der Waals surface area (Å²) in [5.74, 6) is 0.747. The largest absolute Gasteiger partial charge is 0.326 e. The van der Waals surface area contributed by atoms with Crippen molar-refractivity contribution in [2.24, 2.45) is 11.3 Å². The molecule has 2 aliphatic carbocycles. The zero-order valence-corrected chi connectivity index (χ0v) is 10.6. The van der Waals surface area contributed by atoms with Crippen LogP contribution in [0.4, 0.5) is 11.4 Å². The van der Waals surface area contributed by atoms with Gasteiger partial charge in [0.1, 0.15) is 0 Å². The van der Waals surface area contributed by atoms with Gasteiger partial charge in [0.15, 0.2) is 0 Å². The fourth-order valence-electron chi connectivity index (χ4n) is 2.30. The quantitative estimate of drug-likeness (QED) is 0.884. The zero-order valence-electron chi connectivity index (χ0n) is 10.6. The molecule has 0 bridgehead atoms. The number of nitrogens with one attached hydrogen (secondary N) is 1. The van der Waals surface area contributed by atoms with Gasteiger partial charge in [-0.15, -0.1) is 0 Å². The molecule has 4 heteroatoms. The summed E-state index contributed by atoms with van der Waals surface area (Å²) in [7, 11) is 1.72. The molecule has 2 fully saturated rings. The van der Waals surface area contributed by atoms with Gasteiger partial charge < -0.3 is 10.2 Å². The van der Waals surface area contributed by atoms with Crippen LogP contribution in [0.2, 0.25) is 0 Å². The summed E-state index contributed by atoms with van der Waals surface area (Å²) in [5.41, 5.74) is 1.53. The predicted octanol–water partition coefficient (Wildman–Crippen LogP) is 2.02. The Kier molecular flexibility index (Phi) is 2.24. The van der Waals surface area contributed by atoms with Crippen molar-refractivity contribution in [3.63, 3.8) is 0 Å². The lowest BCUT2D eigenvalue weighted by Gasteiger charge is -2.16. The maximum atomic E-state index is 12.0. The number of hydrogen-bond acceptors (Lipinski definition) is 2. The molecule has 2 amide bonds. The van der Waals surface area contributed by atoms with E-state index in [1.54, 1.807) is 11.9 Å². The third-order valence-corrected chi connectivity index (χ3v) is 4.10. The lowest BCUT2D eigenvalue weighted by molar-refractivity contribution is -0.119. The number of rotatable bonds is 3. The van der Waals surface area contributed by atoms with Gasteiger partial charge in [0.2, 0.25) is 11.8 Å². The van der Waals surface area contributed by atoms with Gasteiger partial charge in [-0.1, -0.05) is 6.07 Å².